The Morgan fingerprint density at radius 1 is 1.03 bits per heavy atom. The molecular formula is C26H30N2O5. The number of aliphatic carboxylic acids is 1. The predicted octanol–water partition coefficient (Wildman–Crippen LogP) is 3.92. The Morgan fingerprint density at radius 2 is 1.67 bits per heavy atom. The van der Waals surface area contributed by atoms with Crippen LogP contribution in [0.15, 0.2) is 48.5 Å². The Morgan fingerprint density at radius 3 is 2.27 bits per heavy atom. The quantitative estimate of drug-likeness (QED) is 0.565. The number of fused-ring (bicyclic) bond motifs is 3. The number of amides is 2. The number of carbonyl (C=O) groups is 3. The first-order valence-corrected chi connectivity index (χ1v) is 11.6. The van der Waals surface area contributed by atoms with Crippen molar-refractivity contribution in [3.63, 3.8) is 0 Å². The topological polar surface area (TPSA) is 105 Å². The van der Waals surface area contributed by atoms with Gasteiger partial charge in [-0.1, -0.05) is 55.5 Å². The van der Waals surface area contributed by atoms with Gasteiger partial charge < -0.3 is 20.5 Å². The lowest BCUT2D eigenvalue weighted by Crippen LogP contribution is -2.37. The second kappa shape index (κ2) is 10.1. The molecule has 1 saturated carbocycles. The van der Waals surface area contributed by atoms with E-state index >= 15 is 0 Å². The third-order valence-corrected chi connectivity index (χ3v) is 6.83. The molecule has 0 saturated heterocycles. The van der Waals surface area contributed by atoms with Gasteiger partial charge in [0, 0.05) is 24.4 Å². The van der Waals surface area contributed by atoms with Gasteiger partial charge in [-0.2, -0.15) is 0 Å². The molecule has 7 heteroatoms. The number of rotatable bonds is 8. The third kappa shape index (κ3) is 5.02. The Balaban J connectivity index is 1.27. The maximum atomic E-state index is 12.5. The molecule has 0 aromatic heterocycles. The van der Waals surface area contributed by atoms with Crippen LogP contribution < -0.4 is 10.6 Å². The van der Waals surface area contributed by atoms with Crippen LogP contribution in [-0.4, -0.2) is 42.3 Å². The van der Waals surface area contributed by atoms with Crippen LogP contribution in [0, 0.1) is 11.8 Å². The summed E-state index contributed by atoms with van der Waals surface area (Å²) in [7, 11) is 0. The second-order valence-electron chi connectivity index (χ2n) is 8.87. The SMILES string of the molecule is CCC(CNC(=O)[C@@H]1CC[C@H](NC(=O)OCC2c3ccccc3-c3ccccc32)C1)C(=O)O. The number of hydrogen-bond acceptors (Lipinski definition) is 4. The molecule has 0 heterocycles. The first kappa shape index (κ1) is 22.8. The van der Waals surface area contributed by atoms with E-state index < -0.39 is 18.0 Å². The normalized spacial score (nSPS) is 19.9. The van der Waals surface area contributed by atoms with Crippen LogP contribution in [0.1, 0.15) is 49.7 Å². The highest BCUT2D eigenvalue weighted by Gasteiger charge is 2.33. The fourth-order valence-corrected chi connectivity index (χ4v) is 4.93. The minimum atomic E-state index is -0.904. The molecule has 33 heavy (non-hydrogen) atoms. The zero-order valence-corrected chi connectivity index (χ0v) is 18.8. The van der Waals surface area contributed by atoms with Gasteiger partial charge in [0.2, 0.25) is 5.91 Å². The molecule has 0 aliphatic heterocycles. The number of ether oxygens (including phenoxy) is 1. The first-order valence-electron chi connectivity index (χ1n) is 11.6. The van der Waals surface area contributed by atoms with Crippen molar-refractivity contribution in [2.24, 2.45) is 11.8 Å². The monoisotopic (exact) mass is 450 g/mol. The molecule has 2 aliphatic carbocycles. The van der Waals surface area contributed by atoms with E-state index in [1.807, 2.05) is 24.3 Å². The molecule has 0 radical (unpaired) electrons. The maximum absolute atomic E-state index is 12.5. The molecule has 3 atom stereocenters. The van der Waals surface area contributed by atoms with Crippen molar-refractivity contribution in [2.75, 3.05) is 13.2 Å². The molecule has 3 N–H and O–H groups in total. The van der Waals surface area contributed by atoms with Gasteiger partial charge in [0.15, 0.2) is 0 Å². The molecule has 0 spiro atoms. The van der Waals surface area contributed by atoms with Crippen LogP contribution in [0.3, 0.4) is 0 Å². The van der Waals surface area contributed by atoms with E-state index in [9.17, 15) is 14.4 Å². The van der Waals surface area contributed by atoms with Crippen LogP contribution >= 0.6 is 0 Å². The summed E-state index contributed by atoms with van der Waals surface area (Å²) in [6.45, 7) is 2.17. The largest absolute Gasteiger partial charge is 0.481 e. The fraction of sp³-hybridized carbons (Fsp3) is 0.423. The lowest BCUT2D eigenvalue weighted by molar-refractivity contribution is -0.141. The van der Waals surface area contributed by atoms with Crippen molar-refractivity contribution >= 4 is 18.0 Å². The van der Waals surface area contributed by atoms with Crippen LogP contribution in [0.5, 0.6) is 0 Å². The van der Waals surface area contributed by atoms with Gasteiger partial charge in [-0.25, -0.2) is 4.79 Å². The van der Waals surface area contributed by atoms with Crippen molar-refractivity contribution in [1.29, 1.82) is 0 Å². The van der Waals surface area contributed by atoms with Crippen LogP contribution in [0.25, 0.3) is 11.1 Å². The lowest BCUT2D eigenvalue weighted by atomic mass is 9.98. The van der Waals surface area contributed by atoms with E-state index in [0.29, 0.717) is 25.7 Å². The van der Waals surface area contributed by atoms with Gasteiger partial charge in [0.05, 0.1) is 5.92 Å². The standard InChI is InChI=1S/C26H30N2O5/c1-2-16(25(30)31)14-27-24(29)17-11-12-18(13-17)28-26(32)33-15-23-21-9-5-3-7-19(21)20-8-4-6-10-22(20)23/h3-10,16-18,23H,2,11-15H2,1H3,(H,27,29)(H,28,32)(H,30,31)/t16?,17-,18+/m1/s1. The summed E-state index contributed by atoms with van der Waals surface area (Å²) in [5.41, 5.74) is 4.69. The number of benzene rings is 2. The van der Waals surface area contributed by atoms with Crippen LogP contribution in [-0.2, 0) is 14.3 Å². The molecule has 1 unspecified atom stereocenters. The highest BCUT2D eigenvalue weighted by molar-refractivity contribution is 5.80. The van der Waals surface area contributed by atoms with E-state index in [0.717, 1.165) is 11.1 Å². The van der Waals surface area contributed by atoms with E-state index in [2.05, 4.69) is 34.9 Å². The summed E-state index contributed by atoms with van der Waals surface area (Å²) in [5, 5.41) is 14.8. The average molecular weight is 451 g/mol. The molecule has 1 fully saturated rings. The first-order chi connectivity index (χ1) is 16.0. The average Bonchev–Trinajstić information content (AvgIpc) is 3.40. The molecule has 174 valence electrons. The molecule has 2 aliphatic rings. The maximum Gasteiger partial charge on any atom is 0.407 e. The minimum Gasteiger partial charge on any atom is -0.481 e. The zero-order chi connectivity index (χ0) is 23.4. The summed E-state index contributed by atoms with van der Waals surface area (Å²) in [6, 6.07) is 16.3. The minimum absolute atomic E-state index is 0.00556. The molecule has 4 rings (SSSR count). The summed E-state index contributed by atoms with van der Waals surface area (Å²) >= 11 is 0. The highest BCUT2D eigenvalue weighted by Crippen LogP contribution is 2.44. The third-order valence-electron chi connectivity index (χ3n) is 6.83. The Bertz CT molecular complexity index is 991. The smallest absolute Gasteiger partial charge is 0.407 e. The Kier molecular flexibility index (Phi) is 6.96. The molecule has 2 aromatic carbocycles. The van der Waals surface area contributed by atoms with Crippen molar-refractivity contribution in [3.8, 4) is 11.1 Å². The predicted molar refractivity (Wildman–Crippen MR) is 124 cm³/mol. The van der Waals surface area contributed by atoms with E-state index in [4.69, 9.17) is 9.84 Å². The Labute approximate surface area is 193 Å². The molecular weight excluding hydrogens is 420 g/mol. The van der Waals surface area contributed by atoms with Crippen molar-refractivity contribution < 1.29 is 24.2 Å². The van der Waals surface area contributed by atoms with Gasteiger partial charge in [-0.15, -0.1) is 0 Å². The van der Waals surface area contributed by atoms with Crippen molar-refractivity contribution in [2.45, 2.75) is 44.6 Å². The molecule has 7 nitrogen and oxygen atoms in total. The van der Waals surface area contributed by atoms with Crippen LogP contribution in [0.4, 0.5) is 4.79 Å². The summed E-state index contributed by atoms with van der Waals surface area (Å²) in [4.78, 5) is 36.0. The fourth-order valence-electron chi connectivity index (χ4n) is 4.93. The van der Waals surface area contributed by atoms with E-state index in [-0.39, 0.29) is 36.9 Å². The summed E-state index contributed by atoms with van der Waals surface area (Å²) < 4.78 is 5.60. The summed E-state index contributed by atoms with van der Waals surface area (Å²) in [6.07, 6.45) is 1.87. The van der Waals surface area contributed by atoms with E-state index in [1.165, 1.54) is 11.1 Å². The van der Waals surface area contributed by atoms with Crippen LogP contribution in [0.2, 0.25) is 0 Å². The van der Waals surface area contributed by atoms with Gasteiger partial charge in [0.1, 0.15) is 6.61 Å². The number of carbonyl (C=O) groups excluding carboxylic acids is 2. The lowest BCUT2D eigenvalue weighted by Gasteiger charge is -2.17. The summed E-state index contributed by atoms with van der Waals surface area (Å²) in [5.74, 6) is -1.85. The number of nitrogens with one attached hydrogen (secondary N) is 2. The Hall–Kier alpha value is -3.35. The molecule has 2 amide bonds. The molecule has 2 aromatic rings. The number of alkyl carbamates (subject to hydrolysis) is 1. The number of hydrogen-bond donors (Lipinski definition) is 3. The van der Waals surface area contributed by atoms with Crippen molar-refractivity contribution in [3.05, 3.63) is 59.7 Å². The highest BCUT2D eigenvalue weighted by atomic mass is 16.5. The van der Waals surface area contributed by atoms with Gasteiger partial charge in [-0.3, -0.25) is 9.59 Å². The van der Waals surface area contributed by atoms with Crippen molar-refractivity contribution in [1.82, 2.24) is 10.6 Å². The number of carboxylic acids is 1. The van der Waals surface area contributed by atoms with Gasteiger partial charge >= 0.3 is 12.1 Å². The van der Waals surface area contributed by atoms with E-state index in [1.54, 1.807) is 6.92 Å². The zero-order valence-electron chi connectivity index (χ0n) is 18.8. The number of carboxylic acid groups (broad SMARTS) is 1. The van der Waals surface area contributed by atoms with Gasteiger partial charge in [0.25, 0.3) is 0 Å². The molecule has 0 bridgehead atoms. The van der Waals surface area contributed by atoms with Gasteiger partial charge in [-0.05, 0) is 47.9 Å². The second-order valence-corrected chi connectivity index (χ2v) is 8.87.